The van der Waals surface area contributed by atoms with Crippen molar-refractivity contribution in [3.63, 3.8) is 0 Å². The molecule has 4 rings (SSSR count). The molecule has 0 bridgehead atoms. The van der Waals surface area contributed by atoms with Crippen LogP contribution in [0.4, 0.5) is 0 Å². The van der Waals surface area contributed by atoms with Gasteiger partial charge in [0.05, 0.1) is 17.6 Å². The molecule has 0 saturated carbocycles. The van der Waals surface area contributed by atoms with Crippen LogP contribution in [0, 0.1) is 0 Å². The Morgan fingerprint density at radius 2 is 1.56 bits per heavy atom. The molecule has 4 aromatic rings. The van der Waals surface area contributed by atoms with Gasteiger partial charge in [0.1, 0.15) is 0 Å². The Morgan fingerprint density at radius 3 is 2.36 bits per heavy atom. The highest BCUT2D eigenvalue weighted by atomic mass is 35.5. The predicted octanol–water partition coefficient (Wildman–Crippen LogP) is 4.16. The van der Waals surface area contributed by atoms with Gasteiger partial charge in [0.25, 0.3) is 5.56 Å². The van der Waals surface area contributed by atoms with Crippen LogP contribution >= 0.6 is 11.6 Å². The largest absolute Gasteiger partial charge is 0.310 e. The number of fused-ring (bicyclic) bond motifs is 1. The summed E-state index contributed by atoms with van der Waals surface area (Å²) in [6.45, 7) is 0.497. The molecule has 5 heteroatoms. The van der Waals surface area contributed by atoms with E-state index < -0.39 is 0 Å². The maximum atomic E-state index is 12.2. The number of benzene rings is 2. The SMILES string of the molecule is O=c1ccc(-c2ccc3nccnc3c2)cn1Cc1ccc(Cl)cc1. The van der Waals surface area contributed by atoms with Crippen molar-refractivity contribution in [1.82, 2.24) is 14.5 Å². The first-order valence-electron chi connectivity index (χ1n) is 7.85. The average Bonchev–Trinajstić information content (AvgIpc) is 2.65. The van der Waals surface area contributed by atoms with Gasteiger partial charge in [-0.15, -0.1) is 0 Å². The summed E-state index contributed by atoms with van der Waals surface area (Å²) in [7, 11) is 0. The first kappa shape index (κ1) is 15.5. The molecule has 0 fully saturated rings. The molecule has 0 amide bonds. The molecule has 0 N–H and O–H groups in total. The fraction of sp³-hybridized carbons (Fsp3) is 0.0500. The van der Waals surface area contributed by atoms with Gasteiger partial charge in [-0.3, -0.25) is 14.8 Å². The molecule has 2 aromatic heterocycles. The molecule has 0 spiro atoms. The normalized spacial score (nSPS) is 10.9. The fourth-order valence-electron chi connectivity index (χ4n) is 2.76. The van der Waals surface area contributed by atoms with Crippen molar-refractivity contribution in [3.05, 3.63) is 94.1 Å². The zero-order valence-corrected chi connectivity index (χ0v) is 14.0. The zero-order chi connectivity index (χ0) is 17.2. The van der Waals surface area contributed by atoms with Gasteiger partial charge in [-0.1, -0.05) is 29.8 Å². The second-order valence-electron chi connectivity index (χ2n) is 5.77. The summed E-state index contributed by atoms with van der Waals surface area (Å²) in [5.74, 6) is 0. The number of hydrogen-bond donors (Lipinski definition) is 0. The highest BCUT2D eigenvalue weighted by Crippen LogP contribution is 2.22. The van der Waals surface area contributed by atoms with Crippen molar-refractivity contribution in [2.75, 3.05) is 0 Å². The van der Waals surface area contributed by atoms with E-state index in [4.69, 9.17) is 11.6 Å². The Balaban J connectivity index is 1.72. The minimum absolute atomic E-state index is 0.0423. The molecular formula is C20H14ClN3O. The van der Waals surface area contributed by atoms with Gasteiger partial charge >= 0.3 is 0 Å². The van der Waals surface area contributed by atoms with Gasteiger partial charge in [-0.05, 0) is 47.0 Å². The Bertz CT molecular complexity index is 1100. The molecule has 0 aliphatic rings. The molecule has 0 saturated heterocycles. The van der Waals surface area contributed by atoms with E-state index in [1.807, 2.05) is 54.7 Å². The molecular weight excluding hydrogens is 334 g/mol. The Morgan fingerprint density at radius 1 is 0.840 bits per heavy atom. The van der Waals surface area contributed by atoms with Crippen LogP contribution in [0.3, 0.4) is 0 Å². The highest BCUT2D eigenvalue weighted by Gasteiger charge is 2.05. The Labute approximate surface area is 149 Å². The van der Waals surface area contributed by atoms with Crippen LogP contribution in [0.1, 0.15) is 5.56 Å². The van der Waals surface area contributed by atoms with E-state index in [0.29, 0.717) is 11.6 Å². The summed E-state index contributed by atoms with van der Waals surface area (Å²) in [4.78, 5) is 20.8. The van der Waals surface area contributed by atoms with Crippen LogP contribution in [-0.2, 0) is 6.54 Å². The lowest BCUT2D eigenvalue weighted by molar-refractivity contribution is 0.761. The topological polar surface area (TPSA) is 47.8 Å². The van der Waals surface area contributed by atoms with Gasteiger partial charge in [0.2, 0.25) is 0 Å². The van der Waals surface area contributed by atoms with Crippen molar-refractivity contribution >= 4 is 22.6 Å². The number of rotatable bonds is 3. The lowest BCUT2D eigenvalue weighted by atomic mass is 10.1. The smallest absolute Gasteiger partial charge is 0.250 e. The minimum Gasteiger partial charge on any atom is -0.310 e. The van der Waals surface area contributed by atoms with Gasteiger partial charge in [0.15, 0.2) is 0 Å². The molecule has 2 heterocycles. The molecule has 2 aromatic carbocycles. The van der Waals surface area contributed by atoms with E-state index in [2.05, 4.69) is 9.97 Å². The van der Waals surface area contributed by atoms with E-state index in [-0.39, 0.29) is 5.56 Å². The lowest BCUT2D eigenvalue weighted by Crippen LogP contribution is -2.19. The summed E-state index contributed by atoms with van der Waals surface area (Å²) < 4.78 is 1.69. The van der Waals surface area contributed by atoms with Crippen molar-refractivity contribution < 1.29 is 0 Å². The van der Waals surface area contributed by atoms with Gasteiger partial charge < -0.3 is 4.57 Å². The molecule has 0 atom stereocenters. The first-order valence-corrected chi connectivity index (χ1v) is 8.23. The monoisotopic (exact) mass is 347 g/mol. The first-order chi connectivity index (χ1) is 12.2. The van der Waals surface area contributed by atoms with Crippen molar-refractivity contribution in [1.29, 1.82) is 0 Å². The summed E-state index contributed by atoms with van der Waals surface area (Å²) >= 11 is 5.92. The minimum atomic E-state index is -0.0423. The Kier molecular flexibility index (Phi) is 4.04. The molecule has 0 aliphatic heterocycles. The van der Waals surface area contributed by atoms with Crippen LogP contribution in [0.2, 0.25) is 5.02 Å². The van der Waals surface area contributed by atoms with Gasteiger partial charge in [0, 0.05) is 29.7 Å². The van der Waals surface area contributed by atoms with Crippen LogP contribution in [0.25, 0.3) is 22.2 Å². The van der Waals surface area contributed by atoms with E-state index in [0.717, 1.165) is 27.7 Å². The quantitative estimate of drug-likeness (QED) is 0.559. The maximum Gasteiger partial charge on any atom is 0.250 e. The second kappa shape index (κ2) is 6.49. The lowest BCUT2D eigenvalue weighted by Gasteiger charge is -2.09. The molecule has 0 aliphatic carbocycles. The highest BCUT2D eigenvalue weighted by molar-refractivity contribution is 6.30. The molecule has 25 heavy (non-hydrogen) atoms. The number of aromatic nitrogens is 3. The van der Waals surface area contributed by atoms with Gasteiger partial charge in [-0.25, -0.2) is 0 Å². The van der Waals surface area contributed by atoms with E-state index in [9.17, 15) is 4.79 Å². The summed E-state index contributed by atoms with van der Waals surface area (Å²) in [5.41, 5.74) is 4.61. The molecule has 122 valence electrons. The number of halogens is 1. The number of pyridine rings is 1. The second-order valence-corrected chi connectivity index (χ2v) is 6.21. The zero-order valence-electron chi connectivity index (χ0n) is 13.3. The van der Waals surface area contributed by atoms with Crippen LogP contribution in [0.5, 0.6) is 0 Å². The van der Waals surface area contributed by atoms with Crippen LogP contribution in [-0.4, -0.2) is 14.5 Å². The number of hydrogen-bond acceptors (Lipinski definition) is 3. The third-order valence-electron chi connectivity index (χ3n) is 4.05. The summed E-state index contributed by atoms with van der Waals surface area (Å²) in [6, 6.07) is 16.8. The fourth-order valence-corrected chi connectivity index (χ4v) is 2.88. The molecule has 0 radical (unpaired) electrons. The van der Waals surface area contributed by atoms with Crippen LogP contribution in [0.15, 0.2) is 78.0 Å². The maximum absolute atomic E-state index is 12.2. The van der Waals surface area contributed by atoms with E-state index in [1.165, 1.54) is 0 Å². The summed E-state index contributed by atoms with van der Waals surface area (Å²) in [6.07, 6.45) is 5.22. The third-order valence-corrected chi connectivity index (χ3v) is 4.30. The van der Waals surface area contributed by atoms with E-state index >= 15 is 0 Å². The van der Waals surface area contributed by atoms with Crippen molar-refractivity contribution in [3.8, 4) is 11.1 Å². The summed E-state index contributed by atoms with van der Waals surface area (Å²) in [5, 5.41) is 0.683. The Hall–Kier alpha value is -2.98. The molecule has 0 unspecified atom stereocenters. The van der Waals surface area contributed by atoms with Crippen molar-refractivity contribution in [2.24, 2.45) is 0 Å². The van der Waals surface area contributed by atoms with Crippen LogP contribution < -0.4 is 5.56 Å². The van der Waals surface area contributed by atoms with Crippen molar-refractivity contribution in [2.45, 2.75) is 6.54 Å². The van der Waals surface area contributed by atoms with Gasteiger partial charge in [-0.2, -0.15) is 0 Å². The van der Waals surface area contributed by atoms with E-state index in [1.54, 1.807) is 23.0 Å². The average molecular weight is 348 g/mol. The predicted molar refractivity (Wildman–Crippen MR) is 99.8 cm³/mol. The third kappa shape index (κ3) is 3.30. The standard InChI is InChI=1S/C20H14ClN3O/c21-17-5-1-14(2-6-17)12-24-13-16(4-8-20(24)25)15-3-7-18-19(11-15)23-10-9-22-18/h1-11,13H,12H2. The molecule has 4 nitrogen and oxygen atoms in total. The number of nitrogens with zero attached hydrogens (tertiary/aromatic N) is 3.